The molecule has 0 bridgehead atoms. The van der Waals surface area contributed by atoms with Gasteiger partial charge in [-0.05, 0) is 86.3 Å². The second-order valence-corrected chi connectivity index (χ2v) is 8.70. The highest BCUT2D eigenvalue weighted by atomic mass is 16.3. The van der Waals surface area contributed by atoms with E-state index in [1.54, 1.807) is 0 Å². The SMILES string of the molecule is [2H]C([2H])([2H])C([2H])([2H])[C@]1(O)CC[C@H]2[C@@H]3CC[C@H]4CC(=O)CC[C@@H]4[C@H]3CC[C@@]21C. The van der Waals surface area contributed by atoms with Crippen molar-refractivity contribution in [3.05, 3.63) is 0 Å². The summed E-state index contributed by atoms with van der Waals surface area (Å²) in [7, 11) is 0. The fraction of sp³-hybridized carbons (Fsp3) is 0.950. The average molecular weight is 310 g/mol. The molecule has 0 aromatic carbocycles. The summed E-state index contributed by atoms with van der Waals surface area (Å²) in [6, 6.07) is 0. The van der Waals surface area contributed by atoms with Crippen molar-refractivity contribution < 1.29 is 16.8 Å². The van der Waals surface area contributed by atoms with Gasteiger partial charge >= 0.3 is 0 Å². The Hall–Kier alpha value is -0.370. The summed E-state index contributed by atoms with van der Waals surface area (Å²) in [6.07, 6.45) is 4.42. The first kappa shape index (κ1) is 10.5. The number of carbonyl (C=O) groups excluding carboxylic acids is 1. The van der Waals surface area contributed by atoms with Crippen LogP contribution >= 0.6 is 0 Å². The van der Waals surface area contributed by atoms with Gasteiger partial charge in [0, 0.05) is 19.7 Å². The van der Waals surface area contributed by atoms with Crippen LogP contribution < -0.4 is 0 Å². The lowest BCUT2D eigenvalue weighted by Crippen LogP contribution is -2.53. The molecule has 0 amide bonds. The largest absolute Gasteiger partial charge is 0.389 e. The van der Waals surface area contributed by atoms with Gasteiger partial charge < -0.3 is 5.11 Å². The summed E-state index contributed by atoms with van der Waals surface area (Å²) in [5.41, 5.74) is -2.50. The van der Waals surface area contributed by atoms with Crippen LogP contribution in [0.25, 0.3) is 0 Å². The standard InChI is InChI=1S/C20H32O2/c1-3-20(22)11-9-18-17-6-4-13-12-14(21)5-7-15(13)16(17)8-10-19(18,20)2/h13,15-18,22H,3-12H2,1-2H3/t13-,15-,16+,17+,18-,19-,20-/m0/s1/i1D3,3D2. The zero-order valence-corrected chi connectivity index (χ0v) is 13.6. The third-order valence-corrected chi connectivity index (χ3v) is 8.12. The van der Waals surface area contributed by atoms with Gasteiger partial charge in [0.15, 0.2) is 0 Å². The molecule has 4 aliphatic carbocycles. The monoisotopic (exact) mass is 309 g/mol. The number of carbonyl (C=O) groups is 1. The summed E-state index contributed by atoms with van der Waals surface area (Å²) in [5, 5.41) is 11.5. The number of aliphatic hydroxyl groups is 1. The lowest BCUT2D eigenvalue weighted by atomic mass is 9.49. The molecule has 7 atom stereocenters. The Balaban J connectivity index is 1.63. The molecule has 4 saturated carbocycles. The molecule has 0 unspecified atom stereocenters. The third-order valence-electron chi connectivity index (χ3n) is 8.12. The molecule has 0 saturated heterocycles. The summed E-state index contributed by atoms with van der Waals surface area (Å²) >= 11 is 0. The number of Topliss-reactive ketones (excluding diaryl/α,β-unsaturated/α-hetero) is 1. The van der Waals surface area contributed by atoms with E-state index in [0.717, 1.165) is 32.1 Å². The molecule has 0 heterocycles. The summed E-state index contributed by atoms with van der Waals surface area (Å²) in [4.78, 5) is 11.9. The van der Waals surface area contributed by atoms with Gasteiger partial charge in [0.1, 0.15) is 5.78 Å². The molecular weight excluding hydrogens is 272 g/mol. The number of hydrogen-bond acceptors (Lipinski definition) is 2. The van der Waals surface area contributed by atoms with Gasteiger partial charge in [-0.1, -0.05) is 13.8 Å². The van der Waals surface area contributed by atoms with Crippen molar-refractivity contribution in [2.45, 2.75) is 83.5 Å². The molecule has 2 heteroatoms. The van der Waals surface area contributed by atoms with Crippen LogP contribution in [0.5, 0.6) is 0 Å². The van der Waals surface area contributed by atoms with E-state index in [1.807, 2.05) is 6.92 Å². The Morgan fingerprint density at radius 3 is 2.86 bits per heavy atom. The molecule has 0 aromatic rings. The molecule has 4 rings (SSSR count). The minimum absolute atomic E-state index is 0.178. The Morgan fingerprint density at radius 1 is 1.18 bits per heavy atom. The van der Waals surface area contributed by atoms with Gasteiger partial charge in [0.05, 0.1) is 5.60 Å². The third kappa shape index (κ3) is 1.92. The maximum Gasteiger partial charge on any atom is 0.133 e. The Labute approximate surface area is 142 Å². The first-order valence-electron chi connectivity index (χ1n) is 11.7. The van der Waals surface area contributed by atoms with Crippen molar-refractivity contribution in [3.8, 4) is 0 Å². The Kier molecular flexibility index (Phi) is 2.41. The first-order valence-corrected chi connectivity index (χ1v) is 9.16. The van der Waals surface area contributed by atoms with E-state index in [1.165, 1.54) is 0 Å². The normalized spacial score (nSPS) is 59.1. The lowest BCUT2D eigenvalue weighted by molar-refractivity contribution is -0.138. The fourth-order valence-electron chi connectivity index (χ4n) is 6.88. The van der Waals surface area contributed by atoms with Crippen LogP contribution in [0.2, 0.25) is 0 Å². The van der Waals surface area contributed by atoms with Gasteiger partial charge in [-0.25, -0.2) is 0 Å². The number of rotatable bonds is 1. The van der Waals surface area contributed by atoms with E-state index in [0.29, 0.717) is 48.7 Å². The molecule has 1 N–H and O–H groups in total. The van der Waals surface area contributed by atoms with Crippen molar-refractivity contribution in [1.82, 2.24) is 0 Å². The first-order chi connectivity index (χ1) is 12.4. The topological polar surface area (TPSA) is 37.3 Å². The highest BCUT2D eigenvalue weighted by Crippen LogP contribution is 2.65. The van der Waals surface area contributed by atoms with E-state index < -0.39 is 24.2 Å². The second-order valence-electron chi connectivity index (χ2n) is 8.70. The van der Waals surface area contributed by atoms with Crippen LogP contribution in [-0.2, 0) is 4.79 Å². The molecule has 2 nitrogen and oxygen atoms in total. The molecule has 4 aliphatic rings. The van der Waals surface area contributed by atoms with Gasteiger partial charge in [-0.3, -0.25) is 4.79 Å². The zero-order valence-electron chi connectivity index (χ0n) is 18.6. The van der Waals surface area contributed by atoms with E-state index >= 15 is 0 Å². The minimum atomic E-state index is -2.84. The maximum absolute atomic E-state index is 11.9. The predicted octanol–water partition coefficient (Wildman–Crippen LogP) is 4.35. The molecule has 0 aromatic heterocycles. The summed E-state index contributed by atoms with van der Waals surface area (Å²) in [6.45, 7) is -0.890. The Bertz CT molecular complexity index is 632. The molecule has 124 valence electrons. The highest BCUT2D eigenvalue weighted by Gasteiger charge is 2.61. The van der Waals surface area contributed by atoms with E-state index in [2.05, 4.69) is 0 Å². The van der Waals surface area contributed by atoms with Crippen LogP contribution in [0.3, 0.4) is 0 Å². The van der Waals surface area contributed by atoms with Crippen LogP contribution in [0.1, 0.15) is 84.8 Å². The lowest BCUT2D eigenvalue weighted by Gasteiger charge is -2.57. The van der Waals surface area contributed by atoms with Crippen molar-refractivity contribution in [2.75, 3.05) is 0 Å². The van der Waals surface area contributed by atoms with Crippen molar-refractivity contribution in [3.63, 3.8) is 0 Å². The van der Waals surface area contributed by atoms with Crippen LogP contribution in [0.4, 0.5) is 0 Å². The van der Waals surface area contributed by atoms with Crippen LogP contribution in [0, 0.1) is 35.0 Å². The highest BCUT2D eigenvalue weighted by molar-refractivity contribution is 5.79. The molecule has 0 spiro atoms. The number of hydrogen-bond donors (Lipinski definition) is 1. The van der Waals surface area contributed by atoms with Gasteiger partial charge in [-0.2, -0.15) is 0 Å². The van der Waals surface area contributed by atoms with E-state index in [-0.39, 0.29) is 12.3 Å². The number of ketones is 1. The molecule has 0 radical (unpaired) electrons. The van der Waals surface area contributed by atoms with Gasteiger partial charge in [0.25, 0.3) is 0 Å². The molecular formula is C20H32O2. The Morgan fingerprint density at radius 2 is 2.05 bits per heavy atom. The zero-order chi connectivity index (χ0) is 19.8. The van der Waals surface area contributed by atoms with Gasteiger partial charge in [0.2, 0.25) is 0 Å². The average Bonchev–Trinajstić information content (AvgIpc) is 2.86. The smallest absolute Gasteiger partial charge is 0.133 e. The second kappa shape index (κ2) is 5.06. The van der Waals surface area contributed by atoms with E-state index in [4.69, 9.17) is 6.85 Å². The minimum Gasteiger partial charge on any atom is -0.389 e. The van der Waals surface area contributed by atoms with Gasteiger partial charge in [-0.15, -0.1) is 0 Å². The molecule has 4 fully saturated rings. The predicted molar refractivity (Wildman–Crippen MR) is 87.4 cm³/mol. The van der Waals surface area contributed by atoms with Crippen molar-refractivity contribution >= 4 is 5.78 Å². The van der Waals surface area contributed by atoms with Crippen molar-refractivity contribution in [2.24, 2.45) is 35.0 Å². The quantitative estimate of drug-likeness (QED) is 0.782. The summed E-state index contributed by atoms with van der Waals surface area (Å²) < 4.78 is 39.8. The molecule has 22 heavy (non-hydrogen) atoms. The van der Waals surface area contributed by atoms with Crippen LogP contribution in [-0.4, -0.2) is 16.5 Å². The number of fused-ring (bicyclic) bond motifs is 5. The maximum atomic E-state index is 11.9. The molecule has 0 aliphatic heterocycles. The van der Waals surface area contributed by atoms with E-state index in [9.17, 15) is 9.90 Å². The van der Waals surface area contributed by atoms with Crippen molar-refractivity contribution in [1.29, 1.82) is 0 Å². The van der Waals surface area contributed by atoms with Crippen LogP contribution in [0.15, 0.2) is 0 Å². The summed E-state index contributed by atoms with van der Waals surface area (Å²) in [5.74, 6) is 2.65. The fourth-order valence-corrected chi connectivity index (χ4v) is 6.88.